The van der Waals surface area contributed by atoms with Crippen molar-refractivity contribution in [3.63, 3.8) is 0 Å². The van der Waals surface area contributed by atoms with Crippen molar-refractivity contribution in [1.82, 2.24) is 5.32 Å². The summed E-state index contributed by atoms with van der Waals surface area (Å²) in [4.78, 5) is 0.871. The number of thiocarbonyl (C=S) groups is 1. The summed E-state index contributed by atoms with van der Waals surface area (Å²) in [5.74, 6) is 0. The van der Waals surface area contributed by atoms with E-state index in [2.05, 4.69) is 66.8 Å². The monoisotopic (exact) mass is 267 g/mol. The van der Waals surface area contributed by atoms with Gasteiger partial charge in [-0.1, -0.05) is 73.7 Å². The van der Waals surface area contributed by atoms with Crippen molar-refractivity contribution in [3.8, 4) is 0 Å². The Morgan fingerprint density at radius 1 is 1.05 bits per heavy atom. The third kappa shape index (κ3) is 1.87. The molecule has 0 saturated carbocycles. The molecule has 2 heteroatoms. The lowest BCUT2D eigenvalue weighted by atomic mass is 9.69. The van der Waals surface area contributed by atoms with Gasteiger partial charge >= 0.3 is 0 Å². The highest BCUT2D eigenvalue weighted by Gasteiger charge is 2.37. The number of fused-ring (bicyclic) bond motifs is 1. The Labute approximate surface area is 119 Å². The normalized spacial score (nSPS) is 21.6. The number of nitrogens with one attached hydrogen (secondary N) is 1. The van der Waals surface area contributed by atoms with E-state index in [9.17, 15) is 0 Å². The fourth-order valence-electron chi connectivity index (χ4n) is 3.05. The predicted molar refractivity (Wildman–Crippen MR) is 83.7 cm³/mol. The van der Waals surface area contributed by atoms with Crippen molar-refractivity contribution in [2.45, 2.75) is 18.8 Å². The summed E-state index contributed by atoms with van der Waals surface area (Å²) in [7, 11) is 0. The zero-order valence-electron chi connectivity index (χ0n) is 11.0. The predicted octanol–water partition coefficient (Wildman–Crippen LogP) is 3.66. The highest BCUT2D eigenvalue weighted by atomic mass is 32.1. The second kappa shape index (κ2) is 4.78. The van der Waals surface area contributed by atoms with Gasteiger partial charge in [-0.3, -0.25) is 0 Å². The maximum Gasteiger partial charge on any atom is 0.106 e. The molecule has 1 N–H and O–H groups in total. The van der Waals surface area contributed by atoms with Crippen molar-refractivity contribution in [2.75, 3.05) is 6.54 Å². The minimum atomic E-state index is 0.0279. The first kappa shape index (κ1) is 12.4. The fourth-order valence-corrected chi connectivity index (χ4v) is 3.30. The van der Waals surface area contributed by atoms with Crippen LogP contribution in [-0.4, -0.2) is 11.5 Å². The third-order valence-electron chi connectivity index (χ3n) is 4.17. The molecule has 0 amide bonds. The molecular weight excluding hydrogens is 250 g/mol. The van der Waals surface area contributed by atoms with Crippen LogP contribution in [0, 0.1) is 0 Å². The first-order valence-corrected chi connectivity index (χ1v) is 7.12. The van der Waals surface area contributed by atoms with E-state index in [4.69, 9.17) is 12.2 Å². The Morgan fingerprint density at radius 2 is 1.74 bits per heavy atom. The zero-order valence-corrected chi connectivity index (χ0v) is 11.8. The smallest absolute Gasteiger partial charge is 0.106 e. The van der Waals surface area contributed by atoms with Crippen LogP contribution in [0.5, 0.6) is 0 Å². The number of benzene rings is 2. The molecule has 96 valence electrons. The van der Waals surface area contributed by atoms with E-state index in [0.717, 1.165) is 18.0 Å². The van der Waals surface area contributed by atoms with Gasteiger partial charge in [0, 0.05) is 17.5 Å². The van der Waals surface area contributed by atoms with Crippen LogP contribution in [-0.2, 0) is 5.41 Å². The van der Waals surface area contributed by atoms with Gasteiger partial charge < -0.3 is 5.32 Å². The summed E-state index contributed by atoms with van der Waals surface area (Å²) in [5.41, 5.74) is 3.92. The van der Waals surface area contributed by atoms with Crippen LogP contribution in [0.3, 0.4) is 0 Å². The Bertz CT molecular complexity index is 606. The average Bonchev–Trinajstić information content (AvgIpc) is 2.49. The van der Waals surface area contributed by atoms with Crippen LogP contribution < -0.4 is 5.32 Å². The molecule has 3 rings (SSSR count). The Hall–Kier alpha value is -1.67. The molecule has 19 heavy (non-hydrogen) atoms. The molecule has 0 unspecified atom stereocenters. The standard InChI is InChI=1S/C17H17NS/c1-2-17(13-8-4-3-5-9-13)12-18-16(19)14-10-6-7-11-15(14)17/h3-11H,2,12H2,1H3,(H,18,19)/t17-/m0/s1. The summed E-state index contributed by atoms with van der Waals surface area (Å²) < 4.78 is 0. The van der Waals surface area contributed by atoms with Gasteiger partial charge in [0.15, 0.2) is 0 Å². The molecule has 0 saturated heterocycles. The van der Waals surface area contributed by atoms with E-state index in [0.29, 0.717) is 0 Å². The molecule has 2 aromatic carbocycles. The van der Waals surface area contributed by atoms with Crippen LogP contribution in [0.2, 0.25) is 0 Å². The van der Waals surface area contributed by atoms with Crippen LogP contribution in [0.25, 0.3) is 0 Å². The maximum absolute atomic E-state index is 5.45. The molecule has 0 bridgehead atoms. The van der Waals surface area contributed by atoms with Crippen LogP contribution >= 0.6 is 12.2 Å². The van der Waals surface area contributed by atoms with Crippen molar-refractivity contribution in [3.05, 3.63) is 71.3 Å². The van der Waals surface area contributed by atoms with Crippen LogP contribution in [0.4, 0.5) is 0 Å². The third-order valence-corrected chi connectivity index (χ3v) is 4.53. The van der Waals surface area contributed by atoms with E-state index in [1.807, 2.05) is 0 Å². The van der Waals surface area contributed by atoms with Crippen molar-refractivity contribution in [2.24, 2.45) is 0 Å². The highest BCUT2D eigenvalue weighted by Crippen LogP contribution is 2.39. The lowest BCUT2D eigenvalue weighted by Gasteiger charge is -2.40. The quantitative estimate of drug-likeness (QED) is 0.833. The summed E-state index contributed by atoms with van der Waals surface area (Å²) in [6.45, 7) is 3.13. The summed E-state index contributed by atoms with van der Waals surface area (Å²) in [6, 6.07) is 19.2. The van der Waals surface area contributed by atoms with E-state index in [1.54, 1.807) is 0 Å². The van der Waals surface area contributed by atoms with E-state index >= 15 is 0 Å². The summed E-state index contributed by atoms with van der Waals surface area (Å²) in [6.07, 6.45) is 1.06. The topological polar surface area (TPSA) is 12.0 Å². The average molecular weight is 267 g/mol. The summed E-state index contributed by atoms with van der Waals surface area (Å²) >= 11 is 5.45. The molecule has 0 aromatic heterocycles. The maximum atomic E-state index is 5.45. The first-order chi connectivity index (χ1) is 9.28. The molecule has 0 radical (unpaired) electrons. The van der Waals surface area contributed by atoms with E-state index < -0.39 is 0 Å². The van der Waals surface area contributed by atoms with Gasteiger partial charge in [-0.25, -0.2) is 0 Å². The SMILES string of the molecule is CC[C@@]1(c2ccccc2)CNC(=S)c2ccccc21. The van der Waals surface area contributed by atoms with Gasteiger partial charge in [0.2, 0.25) is 0 Å². The Kier molecular flexibility index (Phi) is 3.11. The lowest BCUT2D eigenvalue weighted by Crippen LogP contribution is -2.46. The number of hydrogen-bond donors (Lipinski definition) is 1. The number of rotatable bonds is 2. The van der Waals surface area contributed by atoms with E-state index in [1.165, 1.54) is 16.7 Å². The van der Waals surface area contributed by atoms with Gasteiger partial charge in [0.25, 0.3) is 0 Å². The minimum Gasteiger partial charge on any atom is -0.375 e. The van der Waals surface area contributed by atoms with Gasteiger partial charge in [-0.2, -0.15) is 0 Å². The van der Waals surface area contributed by atoms with Crippen molar-refractivity contribution < 1.29 is 0 Å². The van der Waals surface area contributed by atoms with Gasteiger partial charge in [0.05, 0.1) is 0 Å². The zero-order chi connectivity index (χ0) is 13.3. The second-order valence-electron chi connectivity index (χ2n) is 5.03. The molecule has 2 aromatic rings. The molecule has 1 aliphatic rings. The fraction of sp³-hybridized carbons (Fsp3) is 0.235. The lowest BCUT2D eigenvalue weighted by molar-refractivity contribution is 0.476. The molecule has 0 aliphatic carbocycles. The molecule has 1 heterocycles. The molecule has 1 nitrogen and oxygen atoms in total. The second-order valence-corrected chi connectivity index (χ2v) is 5.44. The molecule has 0 spiro atoms. The minimum absolute atomic E-state index is 0.0279. The largest absolute Gasteiger partial charge is 0.375 e. The van der Waals surface area contributed by atoms with Crippen LogP contribution in [0.1, 0.15) is 30.0 Å². The van der Waals surface area contributed by atoms with Gasteiger partial charge in [-0.05, 0) is 17.5 Å². The summed E-state index contributed by atoms with van der Waals surface area (Å²) in [5, 5.41) is 3.41. The van der Waals surface area contributed by atoms with Crippen molar-refractivity contribution in [1.29, 1.82) is 0 Å². The Morgan fingerprint density at radius 3 is 2.47 bits per heavy atom. The van der Waals surface area contributed by atoms with Gasteiger partial charge in [0.1, 0.15) is 4.99 Å². The highest BCUT2D eigenvalue weighted by molar-refractivity contribution is 7.80. The Balaban J connectivity index is 2.24. The molecular formula is C17H17NS. The molecule has 0 fully saturated rings. The van der Waals surface area contributed by atoms with E-state index in [-0.39, 0.29) is 5.41 Å². The molecule has 1 atom stereocenters. The van der Waals surface area contributed by atoms with Gasteiger partial charge in [-0.15, -0.1) is 0 Å². The first-order valence-electron chi connectivity index (χ1n) is 6.71. The van der Waals surface area contributed by atoms with Crippen LogP contribution in [0.15, 0.2) is 54.6 Å². The number of hydrogen-bond acceptors (Lipinski definition) is 1. The molecule has 1 aliphatic heterocycles. The van der Waals surface area contributed by atoms with Crippen molar-refractivity contribution >= 4 is 17.2 Å².